The zero-order valence-corrected chi connectivity index (χ0v) is 65.7. The van der Waals surface area contributed by atoms with Gasteiger partial charge in [0.2, 0.25) is 23.6 Å². The summed E-state index contributed by atoms with van der Waals surface area (Å²) >= 11 is 24.1. The van der Waals surface area contributed by atoms with Crippen molar-refractivity contribution in [2.75, 3.05) is 53.6 Å². The van der Waals surface area contributed by atoms with Gasteiger partial charge in [0.1, 0.15) is 78.0 Å². The Morgan fingerprint density at radius 2 is 0.845 bits per heavy atom. The molecule has 12 aromatic rings. The number of hydrogen-bond acceptors (Lipinski definition) is 20. The van der Waals surface area contributed by atoms with Crippen molar-refractivity contribution in [1.82, 2.24) is 101 Å². The van der Waals surface area contributed by atoms with E-state index in [4.69, 9.17) is 46.4 Å². The van der Waals surface area contributed by atoms with Gasteiger partial charge in [-0.25, -0.2) is 68.6 Å². The molecule has 1 saturated heterocycles. The Hall–Kier alpha value is -11.5. The summed E-state index contributed by atoms with van der Waals surface area (Å²) in [6.45, 7) is 12.5. The number of aromatic nitrogens is 16. The minimum Gasteiger partial charge on any atom is -0.358 e. The summed E-state index contributed by atoms with van der Waals surface area (Å²) in [7, 11) is 0. The molecule has 0 saturated carbocycles. The summed E-state index contributed by atoms with van der Waals surface area (Å²) in [5.41, 5.74) is 3.30. The Balaban J connectivity index is 0.000000164. The Kier molecular flexibility index (Phi) is 27.1. The summed E-state index contributed by atoms with van der Waals surface area (Å²) in [6, 6.07) is 6.65. The van der Waals surface area contributed by atoms with Gasteiger partial charge in [0.15, 0.2) is 46.6 Å². The van der Waals surface area contributed by atoms with Crippen LogP contribution in [0.5, 0.6) is 0 Å². The van der Waals surface area contributed by atoms with E-state index in [0.717, 1.165) is 28.7 Å². The van der Waals surface area contributed by atoms with Gasteiger partial charge in [-0.15, -0.1) is 0 Å². The van der Waals surface area contributed by atoms with Crippen LogP contribution in [0.15, 0.2) is 111 Å². The Morgan fingerprint density at radius 3 is 1.22 bits per heavy atom. The van der Waals surface area contributed by atoms with Crippen molar-refractivity contribution in [3.63, 3.8) is 0 Å². The number of fused-ring (bicyclic) bond motifs is 4. The number of anilines is 4. The average Bonchev–Trinajstić information content (AvgIpc) is 1.20. The third kappa shape index (κ3) is 22.6. The van der Waals surface area contributed by atoms with Gasteiger partial charge in [-0.05, 0) is 66.5 Å². The molecule has 614 valence electrons. The molecule has 4 atom stereocenters. The molecule has 12 aromatic heterocycles. The van der Waals surface area contributed by atoms with E-state index in [1.807, 2.05) is 42.8 Å². The van der Waals surface area contributed by atoms with Gasteiger partial charge in [-0.1, -0.05) is 102 Å². The molecule has 0 aliphatic carbocycles. The third-order valence-corrected chi connectivity index (χ3v) is 18.0. The quantitative estimate of drug-likeness (QED) is 0.0316. The highest BCUT2D eigenvalue weighted by molar-refractivity contribution is 6.32. The first-order valence-electron chi connectivity index (χ1n) is 35.1. The van der Waals surface area contributed by atoms with Crippen molar-refractivity contribution < 1.29 is 67.5 Å². The molecule has 1 fully saturated rings. The molecular formula is C73H73Cl4F11N24O4. The first-order chi connectivity index (χ1) is 54.5. The zero-order chi connectivity index (χ0) is 84.5. The van der Waals surface area contributed by atoms with Crippen LogP contribution in [0.25, 0.3) is 89.7 Å². The molecule has 0 aromatic carbocycles. The minimum atomic E-state index is -4.57. The Morgan fingerprint density at radius 1 is 0.474 bits per heavy atom. The van der Waals surface area contributed by atoms with E-state index in [9.17, 15) is 67.5 Å². The molecule has 1 aliphatic heterocycles. The minimum absolute atomic E-state index is 0.0502. The first-order valence-corrected chi connectivity index (χ1v) is 36.6. The zero-order valence-electron chi connectivity index (χ0n) is 62.6. The van der Waals surface area contributed by atoms with Crippen LogP contribution in [-0.4, -0.2) is 179 Å². The number of hydrogen-bond donors (Lipinski definition) is 11. The number of alkyl halides is 9. The molecule has 13 rings (SSSR count). The summed E-state index contributed by atoms with van der Waals surface area (Å²) in [5, 5.41) is 21.7. The van der Waals surface area contributed by atoms with E-state index in [2.05, 4.69) is 101 Å². The molecule has 0 bridgehead atoms. The van der Waals surface area contributed by atoms with Gasteiger partial charge in [0.05, 0.1) is 32.5 Å². The lowest BCUT2D eigenvalue weighted by molar-refractivity contribution is -0.140. The van der Waals surface area contributed by atoms with E-state index >= 15 is 0 Å². The van der Waals surface area contributed by atoms with Gasteiger partial charge in [0, 0.05) is 119 Å². The van der Waals surface area contributed by atoms with Crippen molar-refractivity contribution in [3.8, 4) is 45.6 Å². The highest BCUT2D eigenvalue weighted by Gasteiger charge is 2.41. The van der Waals surface area contributed by atoms with Crippen molar-refractivity contribution in [1.29, 1.82) is 0 Å². The van der Waals surface area contributed by atoms with Crippen LogP contribution in [-0.2, 0) is 19.2 Å². The summed E-state index contributed by atoms with van der Waals surface area (Å²) in [6.07, 6.45) is 4.38. The second-order valence-electron chi connectivity index (χ2n) is 28.4. The fourth-order valence-corrected chi connectivity index (χ4v) is 12.1. The summed E-state index contributed by atoms with van der Waals surface area (Å²) < 4.78 is 141. The summed E-state index contributed by atoms with van der Waals surface area (Å²) in [5.74, 6) is -2.57. The van der Waals surface area contributed by atoms with E-state index in [-0.39, 0.29) is 54.1 Å². The molecule has 116 heavy (non-hydrogen) atoms. The number of nitrogens with zero attached hydrogens (tertiary/aromatic N) is 13. The second kappa shape index (κ2) is 36.2. The second-order valence-corrected chi connectivity index (χ2v) is 30.2. The molecule has 1 aliphatic rings. The summed E-state index contributed by atoms with van der Waals surface area (Å²) in [4.78, 5) is 113. The van der Waals surface area contributed by atoms with E-state index in [0.29, 0.717) is 100.0 Å². The number of carbonyl (C=O) groups is 4. The fraction of sp³-hybridized carbons (Fsp3) is 0.342. The van der Waals surface area contributed by atoms with Gasteiger partial charge in [-0.2, -0.15) is 39.5 Å². The van der Waals surface area contributed by atoms with Crippen LogP contribution in [0, 0.1) is 28.4 Å². The fourth-order valence-electron chi connectivity index (χ4n) is 11.5. The van der Waals surface area contributed by atoms with Crippen molar-refractivity contribution in [3.05, 3.63) is 142 Å². The molecule has 0 spiro atoms. The molecule has 0 unspecified atom stereocenters. The maximum atomic E-state index is 14.4. The monoisotopic (exact) mass is 1700 g/mol. The molecule has 11 N–H and O–H groups in total. The van der Waals surface area contributed by atoms with Crippen LogP contribution in [0.1, 0.15) is 68.7 Å². The van der Waals surface area contributed by atoms with Crippen LogP contribution >= 0.6 is 46.4 Å². The van der Waals surface area contributed by atoms with Crippen LogP contribution in [0.3, 0.4) is 0 Å². The lowest BCUT2D eigenvalue weighted by atomic mass is 9.86. The standard InChI is InChI=1S/C19H19ClF4N6O.C19H20ClF3N6O.C18H21ClN6O.C17H13ClF4N6O/c1-18(2,3)13(17(31)28-8-19(22,23)24)29-16-12(21)7-27-15(30-16)11-6-26-14-10(11)4-9(20)5-25-14;1-18(2,3)14(17(30)27-9-19(21,22)23)28-13-4-5-24-16(29-13)12-8-26-15-11(12)6-10(20)7-25-15;1-4-20-18(26)15(10(2)3)24-14-5-6-21-17(25-14)13-9-23-16-12(13)7-11(19)8-22-16;18-8-3-9-10(5-24-13(9)23-4-8)14-25-6-11(19)15(27-14)28-2-1-12(28)16(29)26-7-17(20,21)22/h4-7,13H,8H2,1-3H3,(H,25,26)(H,28,31)(H,27,29,30);4-8,14H,9H2,1-3H3,(H,25,26)(H,27,30)(H,24,28,29);5-10,15H,4H2,1-3H3,(H,20,26)(H,22,23)(H,21,24,25);3-6,12H,1-2,7H2,(H,23,24)(H,26,29)/t13-;14-;15-;12-/m0010/s1. The first kappa shape index (κ1) is 86.9. The van der Waals surface area contributed by atoms with Crippen molar-refractivity contribution in [2.45, 2.75) is 111 Å². The number of halogens is 15. The Bertz CT molecular complexity index is 5520. The number of likely N-dealkylation sites (N-methyl/N-ethyl adjacent to an activating group) is 1. The lowest BCUT2D eigenvalue weighted by Crippen LogP contribution is -2.57. The maximum Gasteiger partial charge on any atom is 0.405 e. The predicted octanol–water partition coefficient (Wildman–Crippen LogP) is 14.8. The van der Waals surface area contributed by atoms with Gasteiger partial charge in [-0.3, -0.25) is 19.2 Å². The predicted molar refractivity (Wildman–Crippen MR) is 416 cm³/mol. The van der Waals surface area contributed by atoms with E-state index in [1.165, 1.54) is 29.7 Å². The smallest absolute Gasteiger partial charge is 0.358 e. The Labute approximate surface area is 672 Å². The van der Waals surface area contributed by atoms with Gasteiger partial charge in [0.25, 0.3) is 0 Å². The number of H-pyrrole nitrogens is 4. The topological polar surface area (TPSA) is 374 Å². The molecule has 0 radical (unpaired) electrons. The maximum absolute atomic E-state index is 14.4. The number of rotatable bonds is 20. The number of pyridine rings is 4. The van der Waals surface area contributed by atoms with Crippen LogP contribution < -0.4 is 42.1 Å². The molecule has 4 amide bonds. The van der Waals surface area contributed by atoms with Crippen LogP contribution in [0.2, 0.25) is 20.1 Å². The third-order valence-electron chi connectivity index (χ3n) is 17.2. The SMILES string of the molecule is CC(C)(C)[C@@H](Nc1ccnc(-c2c[nH]c3ncc(Cl)cc23)n1)C(=O)NCC(F)(F)F.CC(C)(C)[C@@H](Nc1nc(-c2c[nH]c3ncc(Cl)cc23)ncc1F)C(=O)NCC(F)(F)F.CCNC(=O)[C@H](Nc1ccnc(-c2c[nH]c3ncc(Cl)cc23)n1)C(C)C.O=C(NCC(F)(F)F)[C@@H]1CCN1c1nc(-c2c[nH]c3ncc(Cl)cc23)ncc1F. The van der Waals surface area contributed by atoms with E-state index < -0.39 is 96.5 Å². The number of nitrogens with one attached hydrogen (secondary N) is 11. The number of carbonyl (C=O) groups excluding carboxylic acids is 4. The van der Waals surface area contributed by atoms with E-state index in [1.54, 1.807) is 109 Å². The van der Waals surface area contributed by atoms with Crippen molar-refractivity contribution >= 4 is 137 Å². The molecule has 28 nitrogen and oxygen atoms in total. The normalized spacial score (nSPS) is 13.9. The van der Waals surface area contributed by atoms with Crippen molar-refractivity contribution in [2.24, 2.45) is 16.7 Å². The average molecular weight is 1700 g/mol. The van der Waals surface area contributed by atoms with Gasteiger partial charge >= 0.3 is 18.5 Å². The molecule has 43 heteroatoms. The molecule has 13 heterocycles. The highest BCUT2D eigenvalue weighted by Crippen LogP contribution is 2.36. The van der Waals surface area contributed by atoms with Crippen LogP contribution in [0.4, 0.5) is 71.6 Å². The number of aromatic amines is 4. The van der Waals surface area contributed by atoms with Gasteiger partial charge < -0.3 is 62.1 Å². The molecular weight excluding hydrogens is 1630 g/mol. The largest absolute Gasteiger partial charge is 0.405 e. The number of amides is 4. The lowest BCUT2D eigenvalue weighted by Gasteiger charge is -2.40. The highest BCUT2D eigenvalue weighted by atomic mass is 35.5.